The molecule has 2 unspecified atom stereocenters. The maximum atomic E-state index is 12.6. The summed E-state index contributed by atoms with van der Waals surface area (Å²) in [6.45, 7) is 1.86. The van der Waals surface area contributed by atoms with Gasteiger partial charge in [0.05, 0.1) is 12.0 Å². The highest BCUT2D eigenvalue weighted by atomic mass is 32.2. The average Bonchev–Trinajstić information content (AvgIpc) is 3.29. The summed E-state index contributed by atoms with van der Waals surface area (Å²) in [7, 11) is 1.90. The van der Waals surface area contributed by atoms with Gasteiger partial charge < -0.3 is 13.9 Å². The molecule has 1 aliphatic carbocycles. The molecule has 1 saturated heterocycles. The van der Waals surface area contributed by atoms with Crippen LogP contribution in [0, 0.1) is 11.8 Å². The van der Waals surface area contributed by atoms with Crippen LogP contribution in [0.1, 0.15) is 32.1 Å². The van der Waals surface area contributed by atoms with Crippen molar-refractivity contribution >= 4 is 17.7 Å². The zero-order valence-electron chi connectivity index (χ0n) is 14.6. The van der Waals surface area contributed by atoms with Crippen LogP contribution in [0.25, 0.3) is 11.6 Å². The molecule has 0 bridgehead atoms. The van der Waals surface area contributed by atoms with Crippen LogP contribution in [0.4, 0.5) is 0 Å². The van der Waals surface area contributed by atoms with E-state index in [-0.39, 0.29) is 5.91 Å². The zero-order valence-corrected chi connectivity index (χ0v) is 15.4. The van der Waals surface area contributed by atoms with E-state index in [1.807, 2.05) is 23.7 Å². The Labute approximate surface area is 152 Å². The molecule has 2 aromatic heterocycles. The Hall–Kier alpha value is -1.76. The summed E-state index contributed by atoms with van der Waals surface area (Å²) in [5.41, 5.74) is 0. The number of likely N-dealkylation sites (tertiary alicyclic amines) is 1. The van der Waals surface area contributed by atoms with Crippen LogP contribution in [0.3, 0.4) is 0 Å². The van der Waals surface area contributed by atoms with Gasteiger partial charge in [0, 0.05) is 20.1 Å². The first-order chi connectivity index (χ1) is 12.2. The lowest BCUT2D eigenvalue weighted by Crippen LogP contribution is -2.45. The zero-order chi connectivity index (χ0) is 17.2. The van der Waals surface area contributed by atoms with Gasteiger partial charge >= 0.3 is 0 Å². The molecule has 2 aromatic rings. The van der Waals surface area contributed by atoms with Crippen LogP contribution in [0.2, 0.25) is 0 Å². The predicted molar refractivity (Wildman–Crippen MR) is 96.1 cm³/mol. The van der Waals surface area contributed by atoms with E-state index in [0.29, 0.717) is 17.3 Å². The number of thioether (sulfide) groups is 1. The summed E-state index contributed by atoms with van der Waals surface area (Å²) in [4.78, 5) is 14.7. The highest BCUT2D eigenvalue weighted by Gasteiger charge is 2.32. The Morgan fingerprint density at radius 2 is 2.12 bits per heavy atom. The first-order valence-corrected chi connectivity index (χ1v) is 10.0. The van der Waals surface area contributed by atoms with Crippen LogP contribution in [0.5, 0.6) is 0 Å². The van der Waals surface area contributed by atoms with Gasteiger partial charge in [-0.05, 0) is 36.8 Å². The van der Waals surface area contributed by atoms with Crippen molar-refractivity contribution < 1.29 is 9.21 Å². The lowest BCUT2D eigenvalue weighted by atomic mass is 9.75. The summed E-state index contributed by atoms with van der Waals surface area (Å²) < 4.78 is 7.26. The van der Waals surface area contributed by atoms with E-state index in [1.54, 1.807) is 6.26 Å². The number of hydrogen-bond donors (Lipinski definition) is 0. The van der Waals surface area contributed by atoms with Gasteiger partial charge in [-0.2, -0.15) is 0 Å². The van der Waals surface area contributed by atoms with E-state index in [2.05, 4.69) is 15.1 Å². The van der Waals surface area contributed by atoms with Crippen molar-refractivity contribution in [1.82, 2.24) is 19.7 Å². The molecule has 3 heterocycles. The predicted octanol–water partition coefficient (Wildman–Crippen LogP) is 3.21. The van der Waals surface area contributed by atoms with Gasteiger partial charge in [0.1, 0.15) is 0 Å². The van der Waals surface area contributed by atoms with E-state index >= 15 is 0 Å². The Morgan fingerprint density at radius 1 is 1.28 bits per heavy atom. The number of rotatable bonds is 4. The number of nitrogens with zero attached hydrogens (tertiary/aromatic N) is 4. The van der Waals surface area contributed by atoms with E-state index in [0.717, 1.165) is 30.1 Å². The molecule has 6 nitrogen and oxygen atoms in total. The van der Waals surface area contributed by atoms with E-state index in [9.17, 15) is 4.79 Å². The molecule has 0 aromatic carbocycles. The molecular formula is C18H24N4O2S. The smallest absolute Gasteiger partial charge is 0.233 e. The minimum absolute atomic E-state index is 0.219. The Balaban J connectivity index is 1.35. The van der Waals surface area contributed by atoms with Gasteiger partial charge in [-0.1, -0.05) is 31.0 Å². The molecule has 2 fully saturated rings. The van der Waals surface area contributed by atoms with E-state index < -0.39 is 0 Å². The van der Waals surface area contributed by atoms with E-state index in [4.69, 9.17) is 4.42 Å². The topological polar surface area (TPSA) is 64.2 Å². The first kappa shape index (κ1) is 16.7. The number of carbonyl (C=O) groups is 1. The highest BCUT2D eigenvalue weighted by Crippen LogP contribution is 2.36. The molecular weight excluding hydrogens is 336 g/mol. The third kappa shape index (κ3) is 3.47. The fourth-order valence-corrected chi connectivity index (χ4v) is 4.92. The maximum Gasteiger partial charge on any atom is 0.233 e. The number of aromatic nitrogens is 3. The lowest BCUT2D eigenvalue weighted by Gasteiger charge is -2.41. The summed E-state index contributed by atoms with van der Waals surface area (Å²) in [6.07, 6.45) is 8.14. The van der Waals surface area contributed by atoms with Crippen LogP contribution in [-0.2, 0) is 11.8 Å². The van der Waals surface area contributed by atoms with Gasteiger partial charge in [0.15, 0.2) is 16.7 Å². The highest BCUT2D eigenvalue weighted by molar-refractivity contribution is 7.99. The molecule has 0 spiro atoms. The number of piperidine rings is 1. The molecule has 0 N–H and O–H groups in total. The van der Waals surface area contributed by atoms with Crippen molar-refractivity contribution in [2.45, 2.75) is 37.3 Å². The standard InChI is InChI=1S/C18H24N4O2S/c1-21-17(15-7-4-10-24-15)19-20-18(21)25-12-16(23)22-9-8-13-5-2-3-6-14(13)11-22/h4,7,10,13-14H,2-3,5-6,8-9,11-12H2,1H3. The summed E-state index contributed by atoms with van der Waals surface area (Å²) in [6, 6.07) is 3.69. The molecule has 0 radical (unpaired) electrons. The Kier molecular flexibility index (Phi) is 4.83. The van der Waals surface area contributed by atoms with Crippen LogP contribution < -0.4 is 0 Å². The Morgan fingerprint density at radius 3 is 2.92 bits per heavy atom. The van der Waals surface area contributed by atoms with Crippen molar-refractivity contribution in [3.63, 3.8) is 0 Å². The minimum Gasteiger partial charge on any atom is -0.461 e. The van der Waals surface area contributed by atoms with Crippen molar-refractivity contribution in [3.8, 4) is 11.6 Å². The van der Waals surface area contributed by atoms with Crippen molar-refractivity contribution in [2.75, 3.05) is 18.8 Å². The second-order valence-electron chi connectivity index (χ2n) is 7.06. The summed E-state index contributed by atoms with van der Waals surface area (Å²) >= 11 is 1.45. The minimum atomic E-state index is 0.219. The summed E-state index contributed by atoms with van der Waals surface area (Å²) in [5.74, 6) is 3.57. The number of hydrogen-bond acceptors (Lipinski definition) is 5. The molecule has 1 saturated carbocycles. The normalized spacial score (nSPS) is 23.5. The second-order valence-corrected chi connectivity index (χ2v) is 8.01. The van der Waals surface area contributed by atoms with Gasteiger partial charge in [-0.15, -0.1) is 10.2 Å². The second kappa shape index (κ2) is 7.23. The molecule has 25 heavy (non-hydrogen) atoms. The number of carbonyl (C=O) groups excluding carboxylic acids is 1. The first-order valence-electron chi connectivity index (χ1n) is 9.06. The quantitative estimate of drug-likeness (QED) is 0.784. The molecule has 1 amide bonds. The van der Waals surface area contributed by atoms with Gasteiger partial charge in [0.25, 0.3) is 0 Å². The van der Waals surface area contributed by atoms with Crippen molar-refractivity contribution in [1.29, 1.82) is 0 Å². The largest absolute Gasteiger partial charge is 0.461 e. The monoisotopic (exact) mass is 360 g/mol. The summed E-state index contributed by atoms with van der Waals surface area (Å²) in [5, 5.41) is 9.12. The molecule has 4 rings (SSSR count). The van der Waals surface area contributed by atoms with Crippen LogP contribution >= 0.6 is 11.8 Å². The van der Waals surface area contributed by atoms with Gasteiger partial charge in [0.2, 0.25) is 5.91 Å². The van der Waals surface area contributed by atoms with Gasteiger partial charge in [-0.25, -0.2) is 0 Å². The third-order valence-corrected chi connectivity index (χ3v) is 6.55. The van der Waals surface area contributed by atoms with Crippen LogP contribution in [-0.4, -0.2) is 44.4 Å². The molecule has 7 heteroatoms. The van der Waals surface area contributed by atoms with Crippen molar-refractivity contribution in [2.24, 2.45) is 18.9 Å². The number of fused-ring (bicyclic) bond motifs is 1. The van der Waals surface area contributed by atoms with Gasteiger partial charge in [-0.3, -0.25) is 4.79 Å². The molecule has 134 valence electrons. The average molecular weight is 360 g/mol. The number of amides is 1. The lowest BCUT2D eigenvalue weighted by molar-refractivity contribution is -0.131. The van der Waals surface area contributed by atoms with E-state index in [1.165, 1.54) is 43.9 Å². The maximum absolute atomic E-state index is 12.6. The SMILES string of the molecule is Cn1c(SCC(=O)N2CCC3CCCCC3C2)nnc1-c1ccco1. The fraction of sp³-hybridized carbons (Fsp3) is 0.611. The molecule has 1 aliphatic heterocycles. The molecule has 2 atom stereocenters. The van der Waals surface area contributed by atoms with Crippen molar-refractivity contribution in [3.05, 3.63) is 18.4 Å². The Bertz CT molecular complexity index is 728. The number of furan rings is 1. The van der Waals surface area contributed by atoms with Crippen LogP contribution in [0.15, 0.2) is 28.0 Å². The molecule has 2 aliphatic rings. The fourth-order valence-electron chi connectivity index (χ4n) is 4.11. The third-order valence-electron chi connectivity index (χ3n) is 5.55.